The molecule has 0 aliphatic heterocycles. The average molecular weight is 431 g/mol. The van der Waals surface area contributed by atoms with E-state index < -0.39 is 5.92 Å². The summed E-state index contributed by atoms with van der Waals surface area (Å²) in [5.41, 5.74) is 3.72. The number of para-hydroxylation sites is 1. The van der Waals surface area contributed by atoms with Crippen LogP contribution >= 0.6 is 0 Å². The number of hydrogen-bond donors (Lipinski definition) is 1. The monoisotopic (exact) mass is 430 g/mol. The summed E-state index contributed by atoms with van der Waals surface area (Å²) in [6, 6.07) is 25.0. The molecule has 4 aromatic rings. The number of nitrogens with zero attached hydrogens (tertiary/aromatic N) is 1. The zero-order valence-corrected chi connectivity index (χ0v) is 18.1. The molecule has 32 heavy (non-hydrogen) atoms. The second-order valence-electron chi connectivity index (χ2n) is 7.84. The van der Waals surface area contributed by atoms with Crippen LogP contribution in [0.5, 0.6) is 0 Å². The molecule has 0 fully saturated rings. The number of ether oxygens (including phenoxy) is 1. The smallest absolute Gasteiger partial charge is 0.221 e. The lowest BCUT2D eigenvalue weighted by Gasteiger charge is -2.18. The number of methoxy groups -OCH3 is 1. The molecule has 164 valence electrons. The number of amides is 1. The second-order valence-corrected chi connectivity index (χ2v) is 7.84. The Labute approximate surface area is 187 Å². The normalized spacial score (nSPS) is 12.1. The van der Waals surface area contributed by atoms with Crippen LogP contribution in [0.1, 0.15) is 29.0 Å². The van der Waals surface area contributed by atoms with Gasteiger partial charge in [0, 0.05) is 49.6 Å². The lowest BCUT2D eigenvalue weighted by atomic mass is 9.87. The molecule has 5 heteroatoms. The van der Waals surface area contributed by atoms with Crippen molar-refractivity contribution in [3.8, 4) is 0 Å². The predicted octanol–water partition coefficient (Wildman–Crippen LogP) is 5.11. The molecule has 1 N–H and O–H groups in total. The summed E-state index contributed by atoms with van der Waals surface area (Å²) in [4.78, 5) is 12.7. The van der Waals surface area contributed by atoms with Crippen LogP contribution < -0.4 is 5.32 Å². The Morgan fingerprint density at radius 3 is 2.47 bits per heavy atom. The summed E-state index contributed by atoms with van der Waals surface area (Å²) in [6.07, 6.45) is 2.22. The fraction of sp³-hybridized carbons (Fsp3) is 0.222. The number of hydrogen-bond acceptors (Lipinski definition) is 2. The van der Waals surface area contributed by atoms with Crippen LogP contribution in [0.2, 0.25) is 0 Å². The largest absolute Gasteiger partial charge is 0.383 e. The van der Waals surface area contributed by atoms with Gasteiger partial charge in [0.2, 0.25) is 5.91 Å². The van der Waals surface area contributed by atoms with E-state index in [4.69, 9.17) is 4.74 Å². The van der Waals surface area contributed by atoms with E-state index in [1.165, 1.54) is 11.6 Å². The second kappa shape index (κ2) is 10.2. The molecule has 0 saturated carbocycles. The van der Waals surface area contributed by atoms with Crippen molar-refractivity contribution in [2.24, 2.45) is 0 Å². The van der Waals surface area contributed by atoms with Gasteiger partial charge in [0.15, 0.2) is 0 Å². The minimum atomic E-state index is -0.402. The highest BCUT2D eigenvalue weighted by atomic mass is 19.1. The molecule has 4 rings (SSSR count). The van der Waals surface area contributed by atoms with Gasteiger partial charge in [-0.1, -0.05) is 66.7 Å². The molecule has 3 aromatic carbocycles. The summed E-state index contributed by atoms with van der Waals surface area (Å²) in [6.45, 7) is 1.56. The maximum absolute atomic E-state index is 14.9. The van der Waals surface area contributed by atoms with Gasteiger partial charge < -0.3 is 14.6 Å². The fourth-order valence-electron chi connectivity index (χ4n) is 4.16. The van der Waals surface area contributed by atoms with Crippen LogP contribution in [0, 0.1) is 5.82 Å². The van der Waals surface area contributed by atoms with E-state index >= 15 is 0 Å². The number of nitrogens with one attached hydrogen (secondary N) is 1. The third-order valence-corrected chi connectivity index (χ3v) is 5.69. The van der Waals surface area contributed by atoms with Crippen LogP contribution in [0.3, 0.4) is 0 Å². The molecule has 0 unspecified atom stereocenters. The Balaban J connectivity index is 1.76. The highest BCUT2D eigenvalue weighted by Crippen LogP contribution is 2.36. The number of aromatic nitrogens is 1. The molecule has 0 aliphatic carbocycles. The fourth-order valence-corrected chi connectivity index (χ4v) is 4.16. The van der Waals surface area contributed by atoms with Crippen molar-refractivity contribution in [2.75, 3.05) is 20.3 Å². The van der Waals surface area contributed by atoms with Gasteiger partial charge in [-0.15, -0.1) is 0 Å². The van der Waals surface area contributed by atoms with Crippen molar-refractivity contribution in [1.29, 1.82) is 0 Å². The Morgan fingerprint density at radius 2 is 1.69 bits per heavy atom. The minimum Gasteiger partial charge on any atom is -0.383 e. The van der Waals surface area contributed by atoms with Crippen LogP contribution in [-0.2, 0) is 16.1 Å². The van der Waals surface area contributed by atoms with Crippen LogP contribution in [-0.4, -0.2) is 30.7 Å². The van der Waals surface area contributed by atoms with E-state index in [1.54, 1.807) is 19.2 Å². The van der Waals surface area contributed by atoms with Crippen LogP contribution in [0.25, 0.3) is 10.9 Å². The van der Waals surface area contributed by atoms with Gasteiger partial charge in [-0.3, -0.25) is 4.79 Å². The van der Waals surface area contributed by atoms with Gasteiger partial charge in [0.1, 0.15) is 5.82 Å². The first kappa shape index (κ1) is 21.8. The summed E-state index contributed by atoms with van der Waals surface area (Å²) >= 11 is 0. The maximum atomic E-state index is 14.9. The van der Waals surface area contributed by atoms with Gasteiger partial charge in [0.25, 0.3) is 0 Å². The first-order valence-electron chi connectivity index (χ1n) is 10.8. The summed E-state index contributed by atoms with van der Waals surface area (Å²) in [5, 5.41) is 3.90. The molecule has 0 saturated heterocycles. The quantitative estimate of drug-likeness (QED) is 0.375. The summed E-state index contributed by atoms with van der Waals surface area (Å²) in [7, 11) is 1.59. The van der Waals surface area contributed by atoms with Gasteiger partial charge in [0.05, 0.1) is 6.61 Å². The summed E-state index contributed by atoms with van der Waals surface area (Å²) in [5.74, 6) is -0.835. The zero-order chi connectivity index (χ0) is 22.3. The molecular weight excluding hydrogens is 403 g/mol. The van der Waals surface area contributed by atoms with Crippen molar-refractivity contribution in [2.45, 2.75) is 18.9 Å². The zero-order valence-electron chi connectivity index (χ0n) is 18.1. The number of carbonyl (C=O) groups excluding carboxylic acids is 1. The van der Waals surface area contributed by atoms with Gasteiger partial charge in [-0.05, 0) is 28.8 Å². The van der Waals surface area contributed by atoms with E-state index in [0.29, 0.717) is 25.3 Å². The van der Waals surface area contributed by atoms with Gasteiger partial charge in [-0.2, -0.15) is 0 Å². The molecule has 1 amide bonds. The van der Waals surface area contributed by atoms with E-state index in [0.717, 1.165) is 16.5 Å². The molecule has 0 radical (unpaired) electrons. The standard InChI is InChI=1S/C27H27FN2O2/c1-32-16-15-29-27(31)17-23(21-11-5-7-13-25(21)28)24-19-30(18-20-9-3-2-4-10-20)26-14-8-6-12-22(24)26/h2-14,19,23H,15-18H2,1H3,(H,29,31)/t23-/m0/s1. The van der Waals surface area contributed by atoms with Crippen molar-refractivity contribution >= 4 is 16.8 Å². The van der Waals surface area contributed by atoms with E-state index in [9.17, 15) is 9.18 Å². The third-order valence-electron chi connectivity index (χ3n) is 5.69. The number of carbonyl (C=O) groups is 1. The Kier molecular flexibility index (Phi) is 6.97. The minimum absolute atomic E-state index is 0.129. The molecule has 1 aromatic heterocycles. The number of rotatable bonds is 9. The molecule has 1 heterocycles. The Morgan fingerprint density at radius 1 is 0.969 bits per heavy atom. The number of fused-ring (bicyclic) bond motifs is 1. The van der Waals surface area contributed by atoms with E-state index in [1.807, 2.05) is 42.5 Å². The number of benzene rings is 3. The Bertz CT molecular complexity index is 1190. The summed E-state index contributed by atoms with van der Waals surface area (Å²) < 4.78 is 22.1. The molecular formula is C27H27FN2O2. The van der Waals surface area contributed by atoms with Gasteiger partial charge in [-0.25, -0.2) is 4.39 Å². The maximum Gasteiger partial charge on any atom is 0.221 e. The molecule has 4 nitrogen and oxygen atoms in total. The third kappa shape index (κ3) is 4.89. The highest BCUT2D eigenvalue weighted by Gasteiger charge is 2.25. The molecule has 0 bridgehead atoms. The molecule has 1 atom stereocenters. The van der Waals surface area contributed by atoms with Crippen LogP contribution in [0.4, 0.5) is 4.39 Å². The first-order valence-corrected chi connectivity index (χ1v) is 10.8. The van der Waals surface area contributed by atoms with Crippen molar-refractivity contribution < 1.29 is 13.9 Å². The Hall–Kier alpha value is -3.44. The SMILES string of the molecule is COCCNC(=O)C[C@@H](c1ccccc1F)c1cn(Cc2ccccc2)c2ccccc12. The van der Waals surface area contributed by atoms with Crippen molar-refractivity contribution in [3.63, 3.8) is 0 Å². The lowest BCUT2D eigenvalue weighted by molar-refractivity contribution is -0.121. The molecule has 0 aliphatic rings. The van der Waals surface area contributed by atoms with Gasteiger partial charge >= 0.3 is 0 Å². The topological polar surface area (TPSA) is 43.3 Å². The van der Waals surface area contributed by atoms with Crippen molar-refractivity contribution in [3.05, 3.63) is 108 Å². The van der Waals surface area contributed by atoms with E-state index in [-0.39, 0.29) is 18.1 Å². The highest BCUT2D eigenvalue weighted by molar-refractivity contribution is 5.86. The number of halogens is 1. The molecule has 0 spiro atoms. The predicted molar refractivity (Wildman–Crippen MR) is 125 cm³/mol. The van der Waals surface area contributed by atoms with E-state index in [2.05, 4.69) is 34.3 Å². The van der Waals surface area contributed by atoms with Crippen molar-refractivity contribution in [1.82, 2.24) is 9.88 Å². The van der Waals surface area contributed by atoms with Crippen LogP contribution in [0.15, 0.2) is 85.1 Å². The average Bonchev–Trinajstić information content (AvgIpc) is 3.17. The lowest BCUT2D eigenvalue weighted by Crippen LogP contribution is -2.28. The first-order chi connectivity index (χ1) is 15.7.